The molecule has 1 aromatic carbocycles. The number of nitrogens with one attached hydrogen (secondary N) is 1. The van der Waals surface area contributed by atoms with Gasteiger partial charge in [-0.3, -0.25) is 4.79 Å². The molecule has 4 nitrogen and oxygen atoms in total. The first-order valence-electron chi connectivity index (χ1n) is 6.11. The summed E-state index contributed by atoms with van der Waals surface area (Å²) >= 11 is 0. The molecule has 2 N–H and O–H groups in total. The Hall–Kier alpha value is -2.17. The molecule has 1 heterocycles. The van der Waals surface area contributed by atoms with Crippen LogP contribution in [0.25, 0.3) is 11.3 Å². The summed E-state index contributed by atoms with van der Waals surface area (Å²) in [5.74, 6) is -0.700. The number of nitrogens with zero attached hydrogens (tertiary/aromatic N) is 1. The summed E-state index contributed by atoms with van der Waals surface area (Å²) < 4.78 is 12.9. The number of benzene rings is 1. The van der Waals surface area contributed by atoms with Crippen molar-refractivity contribution >= 4 is 5.97 Å². The fourth-order valence-corrected chi connectivity index (χ4v) is 2.32. The summed E-state index contributed by atoms with van der Waals surface area (Å²) in [6.45, 7) is 1.88. The van der Waals surface area contributed by atoms with Gasteiger partial charge in [0, 0.05) is 17.2 Å². The first kappa shape index (κ1) is 11.9. The quantitative estimate of drug-likeness (QED) is 0.891. The van der Waals surface area contributed by atoms with Crippen molar-refractivity contribution < 1.29 is 14.3 Å². The number of imidazole rings is 1. The number of carbonyl (C=O) groups is 1. The third kappa shape index (κ3) is 2.12. The van der Waals surface area contributed by atoms with Crippen LogP contribution in [0.4, 0.5) is 4.39 Å². The van der Waals surface area contributed by atoms with Crippen LogP contribution in [0.3, 0.4) is 0 Å². The van der Waals surface area contributed by atoms with Crippen molar-refractivity contribution in [3.63, 3.8) is 0 Å². The monoisotopic (exact) mass is 260 g/mol. The number of carboxylic acid groups (broad SMARTS) is 1. The largest absolute Gasteiger partial charge is 0.481 e. The molecule has 1 aliphatic carbocycles. The number of halogens is 1. The minimum Gasteiger partial charge on any atom is -0.481 e. The van der Waals surface area contributed by atoms with Gasteiger partial charge in [-0.05, 0) is 37.6 Å². The minimum absolute atomic E-state index is 0.0228. The molecule has 0 amide bonds. The smallest absolute Gasteiger partial charge is 0.307 e. The summed E-state index contributed by atoms with van der Waals surface area (Å²) in [5, 5.41) is 8.93. The van der Waals surface area contributed by atoms with Crippen LogP contribution in [0, 0.1) is 18.7 Å². The van der Waals surface area contributed by atoms with Gasteiger partial charge in [-0.15, -0.1) is 0 Å². The molecule has 0 aliphatic heterocycles. The molecule has 2 aromatic rings. The summed E-state index contributed by atoms with van der Waals surface area (Å²) in [6.07, 6.45) is 0.630. The highest BCUT2D eigenvalue weighted by atomic mass is 19.1. The molecular weight excluding hydrogens is 247 g/mol. The van der Waals surface area contributed by atoms with Crippen LogP contribution in [0.2, 0.25) is 0 Å². The van der Waals surface area contributed by atoms with E-state index in [1.54, 1.807) is 12.1 Å². The van der Waals surface area contributed by atoms with Gasteiger partial charge in [-0.25, -0.2) is 9.37 Å². The topological polar surface area (TPSA) is 66.0 Å². The standard InChI is InChI=1S/C14H13FN2O2/c1-7-12(8-2-4-9(15)5-3-8)17-13(16-7)10-6-11(10)14(18)19/h2-5,10-11H,6H2,1H3,(H,16,17)(H,18,19). The van der Waals surface area contributed by atoms with Gasteiger partial charge < -0.3 is 10.1 Å². The van der Waals surface area contributed by atoms with Gasteiger partial charge in [0.05, 0.1) is 11.6 Å². The van der Waals surface area contributed by atoms with Crippen LogP contribution >= 0.6 is 0 Å². The van der Waals surface area contributed by atoms with E-state index in [4.69, 9.17) is 5.11 Å². The molecule has 98 valence electrons. The second-order valence-electron chi connectivity index (χ2n) is 4.89. The number of aromatic nitrogens is 2. The van der Waals surface area contributed by atoms with Crippen molar-refractivity contribution in [2.24, 2.45) is 5.92 Å². The lowest BCUT2D eigenvalue weighted by Gasteiger charge is -1.97. The second-order valence-corrected chi connectivity index (χ2v) is 4.89. The summed E-state index contributed by atoms with van der Waals surface area (Å²) in [4.78, 5) is 18.5. The van der Waals surface area contributed by atoms with E-state index < -0.39 is 5.97 Å². The lowest BCUT2D eigenvalue weighted by atomic mass is 10.1. The number of aromatic amines is 1. The average Bonchev–Trinajstić information content (AvgIpc) is 3.09. The predicted molar refractivity (Wildman–Crippen MR) is 67.2 cm³/mol. The Labute approximate surface area is 109 Å². The fraction of sp³-hybridized carbons (Fsp3) is 0.286. The van der Waals surface area contributed by atoms with E-state index in [0.717, 1.165) is 17.0 Å². The maximum absolute atomic E-state index is 12.9. The highest BCUT2D eigenvalue weighted by molar-refractivity contribution is 5.75. The Kier molecular flexibility index (Phi) is 2.62. The molecule has 2 unspecified atom stereocenters. The number of aryl methyl sites for hydroxylation is 1. The molecule has 0 bridgehead atoms. The van der Waals surface area contributed by atoms with Gasteiger partial charge in [0.15, 0.2) is 0 Å². The molecule has 5 heteroatoms. The van der Waals surface area contributed by atoms with Gasteiger partial charge in [-0.2, -0.15) is 0 Å². The number of rotatable bonds is 3. The van der Waals surface area contributed by atoms with Gasteiger partial charge in [-0.1, -0.05) is 0 Å². The summed E-state index contributed by atoms with van der Waals surface area (Å²) in [7, 11) is 0. The second kappa shape index (κ2) is 4.19. The van der Waals surface area contributed by atoms with Crippen LogP contribution in [-0.2, 0) is 4.79 Å². The van der Waals surface area contributed by atoms with Crippen molar-refractivity contribution in [3.05, 3.63) is 41.6 Å². The van der Waals surface area contributed by atoms with Crippen LogP contribution < -0.4 is 0 Å². The molecule has 0 saturated heterocycles. The SMILES string of the molecule is Cc1[nH]c(C2CC2C(=O)O)nc1-c1ccc(F)cc1. The Morgan fingerprint density at radius 1 is 1.42 bits per heavy atom. The highest BCUT2D eigenvalue weighted by Crippen LogP contribution is 2.46. The molecular formula is C14H13FN2O2. The van der Waals surface area contributed by atoms with Crippen molar-refractivity contribution in [2.45, 2.75) is 19.3 Å². The third-order valence-corrected chi connectivity index (χ3v) is 3.48. The zero-order chi connectivity index (χ0) is 13.6. The fourth-order valence-electron chi connectivity index (χ4n) is 2.32. The number of hydrogen-bond acceptors (Lipinski definition) is 2. The van der Waals surface area contributed by atoms with Crippen molar-refractivity contribution in [1.29, 1.82) is 0 Å². The zero-order valence-corrected chi connectivity index (χ0v) is 10.4. The number of H-pyrrole nitrogens is 1. The lowest BCUT2D eigenvalue weighted by molar-refractivity contribution is -0.138. The van der Waals surface area contributed by atoms with Crippen LogP contribution in [0.5, 0.6) is 0 Å². The number of aliphatic carboxylic acids is 1. The third-order valence-electron chi connectivity index (χ3n) is 3.48. The lowest BCUT2D eigenvalue weighted by Crippen LogP contribution is -1.99. The average molecular weight is 260 g/mol. The van der Waals surface area contributed by atoms with Crippen LogP contribution in [0.1, 0.15) is 23.9 Å². The first-order chi connectivity index (χ1) is 9.06. The van der Waals surface area contributed by atoms with Gasteiger partial charge in [0.25, 0.3) is 0 Å². The first-order valence-corrected chi connectivity index (χ1v) is 6.11. The van der Waals surface area contributed by atoms with E-state index in [1.165, 1.54) is 12.1 Å². The normalized spacial score (nSPS) is 21.4. The predicted octanol–water partition coefficient (Wildman–Crippen LogP) is 2.71. The molecule has 0 radical (unpaired) electrons. The molecule has 19 heavy (non-hydrogen) atoms. The van der Waals surface area contributed by atoms with E-state index in [0.29, 0.717) is 12.2 Å². The highest BCUT2D eigenvalue weighted by Gasteiger charge is 2.46. The van der Waals surface area contributed by atoms with Crippen molar-refractivity contribution in [2.75, 3.05) is 0 Å². The van der Waals surface area contributed by atoms with E-state index >= 15 is 0 Å². The molecule has 1 saturated carbocycles. The molecule has 3 rings (SSSR count). The Bertz CT molecular complexity index is 633. The number of hydrogen-bond donors (Lipinski definition) is 2. The molecule has 1 fully saturated rings. The van der Waals surface area contributed by atoms with Crippen LogP contribution in [-0.4, -0.2) is 21.0 Å². The molecule has 1 aliphatic rings. The van der Waals surface area contributed by atoms with E-state index in [2.05, 4.69) is 9.97 Å². The van der Waals surface area contributed by atoms with Gasteiger partial charge >= 0.3 is 5.97 Å². The van der Waals surface area contributed by atoms with E-state index in [-0.39, 0.29) is 17.7 Å². The van der Waals surface area contributed by atoms with Crippen molar-refractivity contribution in [3.8, 4) is 11.3 Å². The zero-order valence-electron chi connectivity index (χ0n) is 10.4. The minimum atomic E-state index is -0.776. The Balaban J connectivity index is 1.90. The Morgan fingerprint density at radius 3 is 2.68 bits per heavy atom. The number of carboxylic acids is 1. The van der Waals surface area contributed by atoms with Crippen molar-refractivity contribution in [1.82, 2.24) is 9.97 Å². The summed E-state index contributed by atoms with van der Waals surface area (Å²) in [6, 6.07) is 6.12. The van der Waals surface area contributed by atoms with E-state index in [9.17, 15) is 9.18 Å². The maximum atomic E-state index is 12.9. The molecule has 1 aromatic heterocycles. The van der Waals surface area contributed by atoms with Gasteiger partial charge in [0.1, 0.15) is 11.6 Å². The van der Waals surface area contributed by atoms with Crippen LogP contribution in [0.15, 0.2) is 24.3 Å². The molecule has 2 atom stereocenters. The summed E-state index contributed by atoms with van der Waals surface area (Å²) in [5.41, 5.74) is 2.46. The molecule has 0 spiro atoms. The van der Waals surface area contributed by atoms with Gasteiger partial charge in [0.2, 0.25) is 0 Å². The maximum Gasteiger partial charge on any atom is 0.307 e. The Morgan fingerprint density at radius 2 is 2.11 bits per heavy atom. The van der Waals surface area contributed by atoms with E-state index in [1.807, 2.05) is 6.92 Å².